The van der Waals surface area contributed by atoms with Crippen LogP contribution in [0.1, 0.15) is 24.1 Å². The van der Waals surface area contributed by atoms with E-state index in [2.05, 4.69) is 10.4 Å². The normalized spacial score (nSPS) is 15.4. The molecule has 4 aromatic rings. The van der Waals surface area contributed by atoms with Crippen molar-refractivity contribution in [3.05, 3.63) is 111 Å². The van der Waals surface area contributed by atoms with E-state index in [0.29, 0.717) is 32.9 Å². The lowest BCUT2D eigenvalue weighted by Gasteiger charge is -2.24. The highest BCUT2D eigenvalue weighted by molar-refractivity contribution is 6.31. The number of nitrogens with one attached hydrogen (secondary N) is 2. The van der Waals surface area contributed by atoms with Crippen LogP contribution in [0.2, 0.25) is 5.02 Å². The largest absolute Gasteiger partial charge is 0.321 e. The summed E-state index contributed by atoms with van der Waals surface area (Å²) in [5, 5.41) is 2.61. The van der Waals surface area contributed by atoms with Crippen LogP contribution in [-0.4, -0.2) is 15.9 Å². The molecular weight excluding hydrogens is 441 g/mol. The number of hydrazine groups is 1. The molecule has 5 rings (SSSR count). The van der Waals surface area contributed by atoms with Gasteiger partial charge in [-0.25, -0.2) is 9.40 Å². The lowest BCUT2D eigenvalue weighted by Crippen LogP contribution is -2.38. The molecule has 2 heterocycles. The summed E-state index contributed by atoms with van der Waals surface area (Å²) in [7, 11) is 0. The minimum absolute atomic E-state index is 0.309. The van der Waals surface area contributed by atoms with Crippen molar-refractivity contribution in [1.29, 1.82) is 0 Å². The number of fused-ring (bicyclic) bond motifs is 1. The summed E-state index contributed by atoms with van der Waals surface area (Å²) in [6, 6.07) is 20.3. The summed E-state index contributed by atoms with van der Waals surface area (Å²) in [6.07, 6.45) is 1.70. The van der Waals surface area contributed by atoms with Crippen LogP contribution in [0.25, 0.3) is 27.7 Å². The summed E-state index contributed by atoms with van der Waals surface area (Å²) in [4.78, 5) is 28.7. The molecule has 2 N–H and O–H groups in total. The zero-order valence-electron chi connectivity index (χ0n) is 17.6. The predicted octanol–water partition coefficient (Wildman–Crippen LogP) is 5.44. The van der Waals surface area contributed by atoms with Crippen LogP contribution in [0, 0.1) is 5.82 Å². The van der Waals surface area contributed by atoms with Crippen LogP contribution in [0.4, 0.5) is 4.39 Å². The van der Waals surface area contributed by atoms with Gasteiger partial charge in [-0.1, -0.05) is 60.1 Å². The molecule has 164 valence electrons. The van der Waals surface area contributed by atoms with E-state index in [9.17, 15) is 14.0 Å². The number of hydrogen-bond acceptors (Lipinski definition) is 3. The van der Waals surface area contributed by atoms with Gasteiger partial charge in [0.2, 0.25) is 5.91 Å². The predicted molar refractivity (Wildman–Crippen MR) is 128 cm³/mol. The highest BCUT2D eigenvalue weighted by Crippen LogP contribution is 2.38. The molecule has 0 bridgehead atoms. The van der Waals surface area contributed by atoms with Crippen molar-refractivity contribution in [2.75, 3.05) is 0 Å². The molecule has 0 saturated carbocycles. The third kappa shape index (κ3) is 3.68. The van der Waals surface area contributed by atoms with Gasteiger partial charge in [0.05, 0.1) is 11.3 Å². The van der Waals surface area contributed by atoms with Gasteiger partial charge in [0.25, 0.3) is 5.56 Å². The first-order valence-corrected chi connectivity index (χ1v) is 10.8. The van der Waals surface area contributed by atoms with Crippen molar-refractivity contribution < 1.29 is 9.18 Å². The zero-order valence-corrected chi connectivity index (χ0v) is 18.4. The van der Waals surface area contributed by atoms with E-state index in [1.807, 2.05) is 30.3 Å². The van der Waals surface area contributed by atoms with Crippen LogP contribution < -0.4 is 11.0 Å². The molecule has 33 heavy (non-hydrogen) atoms. The van der Waals surface area contributed by atoms with Crippen molar-refractivity contribution in [3.63, 3.8) is 0 Å². The Morgan fingerprint density at radius 2 is 1.73 bits per heavy atom. The molecule has 0 fully saturated rings. The fourth-order valence-corrected chi connectivity index (χ4v) is 4.43. The molecule has 1 amide bonds. The lowest BCUT2D eigenvalue weighted by molar-refractivity contribution is -0.132. The second-order valence-electron chi connectivity index (χ2n) is 7.81. The first kappa shape index (κ1) is 21.0. The van der Waals surface area contributed by atoms with Crippen LogP contribution in [-0.2, 0) is 4.79 Å². The van der Waals surface area contributed by atoms with Crippen LogP contribution in [0.5, 0.6) is 0 Å². The van der Waals surface area contributed by atoms with Gasteiger partial charge in [-0.05, 0) is 35.9 Å². The van der Waals surface area contributed by atoms with Crippen molar-refractivity contribution in [3.8, 4) is 11.1 Å². The summed E-state index contributed by atoms with van der Waals surface area (Å²) >= 11 is 6.30. The van der Waals surface area contributed by atoms with E-state index in [1.54, 1.807) is 42.5 Å². The summed E-state index contributed by atoms with van der Waals surface area (Å²) in [5.41, 5.74) is 5.93. The average molecular weight is 460 g/mol. The Hall–Kier alpha value is -3.90. The van der Waals surface area contributed by atoms with Gasteiger partial charge in [0, 0.05) is 34.0 Å². The topological polar surface area (TPSA) is 65.2 Å². The molecule has 3 aromatic carbocycles. The highest BCUT2D eigenvalue weighted by Gasteiger charge is 2.32. The number of halogens is 2. The Labute approximate surface area is 194 Å². The number of carbonyl (C=O) groups excluding carboxylic acids is 1. The number of amides is 1. The van der Waals surface area contributed by atoms with Crippen molar-refractivity contribution in [2.24, 2.45) is 0 Å². The van der Waals surface area contributed by atoms with Crippen LogP contribution in [0.15, 0.2) is 83.7 Å². The lowest BCUT2D eigenvalue weighted by atomic mass is 9.94. The zero-order chi connectivity index (χ0) is 23.1. The SMILES string of the molecule is CC(=O)N1NC(c2c(-c3ccccc3)c3cc(Cl)ccc3[nH]c2=O)=C[C@@H]1c1ccccc1F. The minimum atomic E-state index is -0.711. The van der Waals surface area contributed by atoms with E-state index in [4.69, 9.17) is 11.6 Å². The van der Waals surface area contributed by atoms with Crippen LogP contribution >= 0.6 is 11.6 Å². The number of pyridine rings is 1. The summed E-state index contributed by atoms with van der Waals surface area (Å²) < 4.78 is 14.6. The second kappa shape index (κ2) is 8.22. The fraction of sp³-hybridized carbons (Fsp3) is 0.0769. The first-order valence-electron chi connectivity index (χ1n) is 10.4. The molecule has 5 nitrogen and oxygen atoms in total. The molecule has 0 saturated heterocycles. The number of hydrogen-bond donors (Lipinski definition) is 2. The Morgan fingerprint density at radius 1 is 1.00 bits per heavy atom. The van der Waals surface area contributed by atoms with E-state index >= 15 is 0 Å². The Kier molecular flexibility index (Phi) is 5.23. The van der Waals surface area contributed by atoms with Gasteiger partial charge in [0.15, 0.2) is 0 Å². The van der Waals surface area contributed by atoms with Crippen molar-refractivity contribution in [2.45, 2.75) is 13.0 Å². The van der Waals surface area contributed by atoms with Crippen molar-refractivity contribution >= 4 is 34.1 Å². The number of H-pyrrole nitrogens is 1. The highest BCUT2D eigenvalue weighted by atomic mass is 35.5. The molecule has 1 atom stereocenters. The molecule has 0 aliphatic carbocycles. The van der Waals surface area contributed by atoms with Gasteiger partial charge < -0.3 is 4.98 Å². The maximum absolute atomic E-state index is 14.6. The smallest absolute Gasteiger partial charge is 0.258 e. The van der Waals surface area contributed by atoms with Gasteiger partial charge in [-0.3, -0.25) is 15.0 Å². The number of aromatic amines is 1. The molecule has 1 aliphatic rings. The molecule has 1 aromatic heterocycles. The molecule has 0 spiro atoms. The number of carbonyl (C=O) groups is 1. The Balaban J connectivity index is 1.79. The minimum Gasteiger partial charge on any atom is -0.321 e. The number of nitrogens with zero attached hydrogens (tertiary/aromatic N) is 1. The Bertz CT molecular complexity index is 1480. The maximum Gasteiger partial charge on any atom is 0.258 e. The fourth-order valence-electron chi connectivity index (χ4n) is 4.25. The van der Waals surface area contributed by atoms with Gasteiger partial charge in [0.1, 0.15) is 11.9 Å². The summed E-state index contributed by atoms with van der Waals surface area (Å²) in [6.45, 7) is 1.39. The van der Waals surface area contributed by atoms with Gasteiger partial charge in [-0.2, -0.15) is 0 Å². The van der Waals surface area contributed by atoms with Crippen LogP contribution in [0.3, 0.4) is 0 Å². The quantitative estimate of drug-likeness (QED) is 0.429. The van der Waals surface area contributed by atoms with Crippen molar-refractivity contribution in [1.82, 2.24) is 15.4 Å². The standard InChI is InChI=1S/C26H19ClFN3O2/c1-15(32)31-23(18-9-5-6-10-20(18)28)14-22(30-31)25-24(16-7-3-2-4-8-16)19-13-17(27)11-12-21(19)29-26(25)33/h2-14,23,30H,1H3,(H,29,33)/t23-/m1/s1. The Morgan fingerprint density at radius 3 is 2.45 bits per heavy atom. The molecule has 1 aliphatic heterocycles. The second-order valence-corrected chi connectivity index (χ2v) is 8.24. The molecule has 7 heteroatoms. The molecular formula is C26H19ClFN3O2. The van der Waals surface area contributed by atoms with E-state index < -0.39 is 11.9 Å². The third-order valence-corrected chi connectivity index (χ3v) is 5.95. The number of aromatic nitrogens is 1. The molecule has 0 radical (unpaired) electrons. The van der Waals surface area contributed by atoms with E-state index in [1.165, 1.54) is 18.0 Å². The summed E-state index contributed by atoms with van der Waals surface area (Å²) in [5.74, 6) is -0.744. The number of benzene rings is 3. The van der Waals surface area contributed by atoms with Gasteiger partial charge in [-0.15, -0.1) is 0 Å². The monoisotopic (exact) mass is 459 g/mol. The van der Waals surface area contributed by atoms with E-state index in [-0.39, 0.29) is 11.5 Å². The van der Waals surface area contributed by atoms with E-state index in [0.717, 1.165) is 10.9 Å². The van der Waals surface area contributed by atoms with Gasteiger partial charge >= 0.3 is 0 Å². The first-order chi connectivity index (χ1) is 15.9. The third-order valence-electron chi connectivity index (χ3n) is 5.71. The average Bonchev–Trinajstić information content (AvgIpc) is 3.24. The molecule has 0 unspecified atom stereocenters. The maximum atomic E-state index is 14.6. The number of rotatable bonds is 3.